The van der Waals surface area contributed by atoms with Crippen molar-refractivity contribution in [3.8, 4) is 0 Å². The first-order valence-corrected chi connectivity index (χ1v) is 6.99. The number of aromatic nitrogens is 2. The van der Waals surface area contributed by atoms with E-state index >= 15 is 0 Å². The zero-order chi connectivity index (χ0) is 16.2. The van der Waals surface area contributed by atoms with Gasteiger partial charge < -0.3 is 10.1 Å². The maximum atomic E-state index is 12.9. The normalized spacial score (nSPS) is 11.8. The minimum Gasteiger partial charge on any atom is -0.358 e. The molecule has 1 atom stereocenters. The van der Waals surface area contributed by atoms with Crippen LogP contribution in [0.5, 0.6) is 0 Å². The van der Waals surface area contributed by atoms with Gasteiger partial charge in [0, 0.05) is 5.56 Å². The second kappa shape index (κ2) is 6.23. The van der Waals surface area contributed by atoms with Crippen LogP contribution in [0.3, 0.4) is 0 Å². The smallest absolute Gasteiger partial charge is 0.358 e. The largest absolute Gasteiger partial charge is 0.381 e. The number of ketones is 1. The van der Waals surface area contributed by atoms with E-state index in [4.69, 9.17) is 0 Å². The van der Waals surface area contributed by atoms with Crippen LogP contribution >= 0.6 is 0 Å². The Morgan fingerprint density at radius 2 is 1.65 bits per heavy atom. The number of nitro groups is 1. The molecule has 0 saturated heterocycles. The van der Waals surface area contributed by atoms with Crippen LogP contribution in [0.25, 0.3) is 0 Å². The SMILES string of the molecule is O=C(c1ccccc1)C(c1ccccc1)n1cnc([N+](=O)[O-])c1. The van der Waals surface area contributed by atoms with Crippen molar-refractivity contribution in [3.63, 3.8) is 0 Å². The predicted octanol–water partition coefficient (Wildman–Crippen LogP) is 3.26. The average molecular weight is 307 g/mol. The molecular weight excluding hydrogens is 294 g/mol. The monoisotopic (exact) mass is 307 g/mol. The number of carbonyl (C=O) groups excluding carboxylic acids is 1. The van der Waals surface area contributed by atoms with Gasteiger partial charge in [-0.25, -0.2) is 0 Å². The Balaban J connectivity index is 2.07. The lowest BCUT2D eigenvalue weighted by Gasteiger charge is -2.16. The zero-order valence-corrected chi connectivity index (χ0v) is 12.1. The summed E-state index contributed by atoms with van der Waals surface area (Å²) in [6.45, 7) is 0. The Kier molecular flexibility index (Phi) is 3.97. The van der Waals surface area contributed by atoms with Crippen molar-refractivity contribution in [1.82, 2.24) is 9.55 Å². The summed E-state index contributed by atoms with van der Waals surface area (Å²) < 4.78 is 1.48. The van der Waals surface area contributed by atoms with Crippen LogP contribution in [-0.4, -0.2) is 20.3 Å². The molecule has 0 N–H and O–H groups in total. The fourth-order valence-corrected chi connectivity index (χ4v) is 2.42. The molecule has 3 rings (SSSR count). The van der Waals surface area contributed by atoms with Crippen LogP contribution in [0.4, 0.5) is 5.82 Å². The summed E-state index contributed by atoms with van der Waals surface area (Å²) in [6, 6.07) is 17.3. The van der Waals surface area contributed by atoms with Crippen LogP contribution in [-0.2, 0) is 0 Å². The van der Waals surface area contributed by atoms with E-state index in [1.807, 2.05) is 36.4 Å². The molecule has 0 spiro atoms. The number of carbonyl (C=O) groups is 1. The summed E-state index contributed by atoms with van der Waals surface area (Å²) in [5.41, 5.74) is 1.28. The van der Waals surface area contributed by atoms with Gasteiger partial charge >= 0.3 is 5.82 Å². The molecule has 6 nitrogen and oxygen atoms in total. The molecule has 0 bridgehead atoms. The van der Waals surface area contributed by atoms with Crippen molar-refractivity contribution in [2.45, 2.75) is 6.04 Å². The predicted molar refractivity (Wildman–Crippen MR) is 84.2 cm³/mol. The number of benzene rings is 2. The third-order valence-electron chi connectivity index (χ3n) is 3.50. The molecule has 1 unspecified atom stereocenters. The Morgan fingerprint density at radius 1 is 1.04 bits per heavy atom. The summed E-state index contributed by atoms with van der Waals surface area (Å²) in [6.07, 6.45) is 2.59. The zero-order valence-electron chi connectivity index (χ0n) is 12.1. The van der Waals surface area contributed by atoms with Crippen LogP contribution in [0.1, 0.15) is 22.0 Å². The van der Waals surface area contributed by atoms with Gasteiger partial charge in [0.2, 0.25) is 6.33 Å². The first-order chi connectivity index (χ1) is 11.2. The molecule has 6 heteroatoms. The molecular formula is C17H13N3O3. The summed E-state index contributed by atoms with van der Waals surface area (Å²) >= 11 is 0. The lowest BCUT2D eigenvalue weighted by atomic mass is 9.97. The molecule has 0 aliphatic heterocycles. The molecule has 3 aromatic rings. The number of imidazole rings is 1. The van der Waals surface area contributed by atoms with E-state index in [1.54, 1.807) is 24.3 Å². The number of hydrogen-bond donors (Lipinski definition) is 0. The van der Waals surface area contributed by atoms with Gasteiger partial charge in [0.05, 0.1) is 0 Å². The standard InChI is InChI=1S/C17H13N3O3/c21-17(14-9-5-2-6-10-14)16(13-7-3-1-4-8-13)19-11-15(18-12-19)20(22)23/h1-12,16H. The van der Waals surface area contributed by atoms with Crippen molar-refractivity contribution in [3.05, 3.63) is 94.4 Å². The first kappa shape index (κ1) is 14.6. The van der Waals surface area contributed by atoms with Gasteiger partial charge in [-0.15, -0.1) is 0 Å². The highest BCUT2D eigenvalue weighted by Crippen LogP contribution is 2.24. The van der Waals surface area contributed by atoms with E-state index in [2.05, 4.69) is 4.98 Å². The van der Waals surface area contributed by atoms with Crippen molar-refractivity contribution < 1.29 is 9.72 Å². The van der Waals surface area contributed by atoms with E-state index < -0.39 is 11.0 Å². The maximum Gasteiger partial charge on any atom is 0.381 e. The van der Waals surface area contributed by atoms with Gasteiger partial charge in [0.1, 0.15) is 12.2 Å². The molecule has 0 saturated carbocycles. The van der Waals surface area contributed by atoms with Crippen LogP contribution in [0.2, 0.25) is 0 Å². The first-order valence-electron chi connectivity index (χ1n) is 6.99. The Bertz CT molecular complexity index is 829. The molecule has 0 amide bonds. The average Bonchev–Trinajstić information content (AvgIpc) is 3.07. The van der Waals surface area contributed by atoms with Crippen LogP contribution in [0, 0.1) is 10.1 Å². The molecule has 1 aromatic heterocycles. The summed E-state index contributed by atoms with van der Waals surface area (Å²) in [4.78, 5) is 26.9. The molecule has 0 radical (unpaired) electrons. The third-order valence-corrected chi connectivity index (χ3v) is 3.50. The highest BCUT2D eigenvalue weighted by atomic mass is 16.6. The topological polar surface area (TPSA) is 78.0 Å². The minimum absolute atomic E-state index is 0.149. The van der Waals surface area contributed by atoms with Gasteiger partial charge in [-0.1, -0.05) is 60.7 Å². The van der Waals surface area contributed by atoms with E-state index in [1.165, 1.54) is 17.1 Å². The fourth-order valence-electron chi connectivity index (χ4n) is 2.42. The molecule has 23 heavy (non-hydrogen) atoms. The highest BCUT2D eigenvalue weighted by molar-refractivity contribution is 6.00. The Labute approximate surface area is 132 Å². The van der Waals surface area contributed by atoms with Crippen molar-refractivity contribution in [2.24, 2.45) is 0 Å². The van der Waals surface area contributed by atoms with Crippen molar-refractivity contribution in [1.29, 1.82) is 0 Å². The van der Waals surface area contributed by atoms with Gasteiger partial charge in [0.15, 0.2) is 5.78 Å². The number of Topliss-reactive ketones (excluding diaryl/α,β-unsaturated/α-hetero) is 1. The quantitative estimate of drug-likeness (QED) is 0.412. The second-order valence-electron chi connectivity index (χ2n) is 4.98. The Hall–Kier alpha value is -3.28. The number of hydrogen-bond acceptors (Lipinski definition) is 4. The van der Waals surface area contributed by atoms with Gasteiger partial charge in [0.25, 0.3) is 0 Å². The van der Waals surface area contributed by atoms with E-state index in [-0.39, 0.29) is 11.6 Å². The highest BCUT2D eigenvalue weighted by Gasteiger charge is 2.26. The van der Waals surface area contributed by atoms with Crippen LogP contribution < -0.4 is 0 Å². The molecule has 1 heterocycles. The number of rotatable bonds is 5. The summed E-state index contributed by atoms with van der Waals surface area (Å²) in [5, 5.41) is 10.9. The molecule has 0 fully saturated rings. The van der Waals surface area contributed by atoms with Gasteiger partial charge in [-0.3, -0.25) is 9.36 Å². The fraction of sp³-hybridized carbons (Fsp3) is 0.0588. The lowest BCUT2D eigenvalue weighted by Crippen LogP contribution is -2.20. The molecule has 0 aliphatic rings. The lowest BCUT2D eigenvalue weighted by molar-refractivity contribution is -0.389. The third kappa shape index (κ3) is 3.01. The molecule has 2 aromatic carbocycles. The molecule has 114 valence electrons. The van der Waals surface area contributed by atoms with E-state index in [9.17, 15) is 14.9 Å². The van der Waals surface area contributed by atoms with E-state index in [0.29, 0.717) is 5.56 Å². The van der Waals surface area contributed by atoms with Crippen molar-refractivity contribution in [2.75, 3.05) is 0 Å². The van der Waals surface area contributed by atoms with Crippen molar-refractivity contribution >= 4 is 11.6 Å². The summed E-state index contributed by atoms with van der Waals surface area (Å²) in [7, 11) is 0. The second-order valence-corrected chi connectivity index (χ2v) is 4.98. The Morgan fingerprint density at radius 3 is 2.22 bits per heavy atom. The summed E-state index contributed by atoms with van der Waals surface area (Å²) in [5.74, 6) is -0.434. The number of nitrogens with zero attached hydrogens (tertiary/aromatic N) is 3. The van der Waals surface area contributed by atoms with E-state index in [0.717, 1.165) is 5.56 Å². The van der Waals surface area contributed by atoms with Gasteiger partial charge in [-0.2, -0.15) is 0 Å². The van der Waals surface area contributed by atoms with Gasteiger partial charge in [-0.05, 0) is 15.5 Å². The molecule has 0 aliphatic carbocycles. The minimum atomic E-state index is -0.695. The van der Waals surface area contributed by atoms with Crippen LogP contribution in [0.15, 0.2) is 73.2 Å². The maximum absolute atomic E-state index is 12.9.